The number of likely N-dealkylation sites (tertiary alicyclic amines) is 1. The van der Waals surface area contributed by atoms with E-state index in [-0.39, 0.29) is 0 Å². The number of aryl methyl sites for hydroxylation is 1. The highest BCUT2D eigenvalue weighted by Gasteiger charge is 2.18. The lowest BCUT2D eigenvalue weighted by Gasteiger charge is -2.13. The zero-order chi connectivity index (χ0) is 9.26. The van der Waals surface area contributed by atoms with E-state index in [1.54, 1.807) is 6.92 Å². The summed E-state index contributed by atoms with van der Waals surface area (Å²) in [6.07, 6.45) is 1.93. The maximum Gasteiger partial charge on any atom is 0.246 e. The highest BCUT2D eigenvalue weighted by molar-refractivity contribution is 5.80. The SMILES string of the molecule is Cc1noc(CN2CCCC2=N)n1. The second kappa shape index (κ2) is 3.16. The van der Waals surface area contributed by atoms with Gasteiger partial charge in [0.2, 0.25) is 5.89 Å². The number of nitrogens with one attached hydrogen (secondary N) is 1. The summed E-state index contributed by atoms with van der Waals surface area (Å²) in [6, 6.07) is 0. The van der Waals surface area contributed by atoms with Crippen molar-refractivity contribution in [2.75, 3.05) is 6.54 Å². The van der Waals surface area contributed by atoms with Crippen LogP contribution in [0.1, 0.15) is 24.6 Å². The first-order valence-corrected chi connectivity index (χ1v) is 4.37. The molecule has 1 N–H and O–H groups in total. The smallest absolute Gasteiger partial charge is 0.246 e. The summed E-state index contributed by atoms with van der Waals surface area (Å²) in [6.45, 7) is 3.31. The van der Waals surface area contributed by atoms with Crippen LogP contribution in [0.3, 0.4) is 0 Å². The van der Waals surface area contributed by atoms with Gasteiger partial charge in [0.25, 0.3) is 0 Å². The minimum atomic E-state index is 0.583. The lowest BCUT2D eigenvalue weighted by Crippen LogP contribution is -2.23. The molecule has 0 amide bonds. The molecule has 1 fully saturated rings. The number of hydrogen-bond donors (Lipinski definition) is 1. The lowest BCUT2D eigenvalue weighted by atomic mass is 10.4. The van der Waals surface area contributed by atoms with E-state index in [1.807, 2.05) is 4.90 Å². The highest BCUT2D eigenvalue weighted by Crippen LogP contribution is 2.13. The quantitative estimate of drug-likeness (QED) is 0.735. The van der Waals surface area contributed by atoms with Crippen LogP contribution in [0.25, 0.3) is 0 Å². The summed E-state index contributed by atoms with van der Waals surface area (Å²) in [4.78, 5) is 6.06. The fraction of sp³-hybridized carbons (Fsp3) is 0.625. The molecule has 1 aliphatic heterocycles. The van der Waals surface area contributed by atoms with Crippen LogP contribution in [0.5, 0.6) is 0 Å². The molecule has 1 aromatic rings. The van der Waals surface area contributed by atoms with E-state index < -0.39 is 0 Å². The molecule has 1 aromatic heterocycles. The van der Waals surface area contributed by atoms with E-state index in [1.165, 1.54) is 0 Å². The Morgan fingerprint density at radius 2 is 2.46 bits per heavy atom. The topological polar surface area (TPSA) is 66.0 Å². The summed E-state index contributed by atoms with van der Waals surface area (Å²) >= 11 is 0. The summed E-state index contributed by atoms with van der Waals surface area (Å²) in [5.74, 6) is 1.93. The van der Waals surface area contributed by atoms with Crippen LogP contribution in [0.15, 0.2) is 4.52 Å². The van der Waals surface area contributed by atoms with Gasteiger partial charge in [-0.05, 0) is 13.3 Å². The van der Waals surface area contributed by atoms with Crippen LogP contribution in [0.4, 0.5) is 0 Å². The average Bonchev–Trinajstić information content (AvgIpc) is 2.64. The maximum absolute atomic E-state index is 7.60. The zero-order valence-electron chi connectivity index (χ0n) is 7.58. The third kappa shape index (κ3) is 1.68. The van der Waals surface area contributed by atoms with E-state index >= 15 is 0 Å². The average molecular weight is 180 g/mol. The largest absolute Gasteiger partial charge is 0.351 e. The number of nitrogens with zero attached hydrogens (tertiary/aromatic N) is 3. The second-order valence-electron chi connectivity index (χ2n) is 3.21. The molecule has 0 unspecified atom stereocenters. The molecule has 0 aliphatic carbocycles. The van der Waals surface area contributed by atoms with Gasteiger partial charge < -0.3 is 9.42 Å². The molecular weight excluding hydrogens is 168 g/mol. The highest BCUT2D eigenvalue weighted by atomic mass is 16.5. The van der Waals surface area contributed by atoms with Crippen LogP contribution >= 0.6 is 0 Å². The molecular formula is C8H12N4O. The van der Waals surface area contributed by atoms with Crippen molar-refractivity contribution < 1.29 is 4.52 Å². The fourth-order valence-electron chi connectivity index (χ4n) is 1.47. The van der Waals surface area contributed by atoms with E-state index in [2.05, 4.69) is 10.1 Å². The Labute approximate surface area is 76.2 Å². The van der Waals surface area contributed by atoms with Crippen molar-refractivity contribution in [3.05, 3.63) is 11.7 Å². The number of hydrogen-bond acceptors (Lipinski definition) is 4. The normalized spacial score (nSPS) is 17.0. The molecule has 0 saturated carbocycles. The van der Waals surface area contributed by atoms with Crippen LogP contribution in [-0.2, 0) is 6.54 Å². The van der Waals surface area contributed by atoms with Crippen LogP contribution in [-0.4, -0.2) is 27.4 Å². The molecule has 13 heavy (non-hydrogen) atoms. The minimum absolute atomic E-state index is 0.583. The van der Waals surface area contributed by atoms with Crippen LogP contribution in [0, 0.1) is 12.3 Å². The molecule has 2 heterocycles. The minimum Gasteiger partial charge on any atom is -0.351 e. The number of amidine groups is 1. The van der Waals surface area contributed by atoms with Gasteiger partial charge in [-0.25, -0.2) is 0 Å². The molecule has 0 spiro atoms. The number of rotatable bonds is 2. The monoisotopic (exact) mass is 180 g/mol. The van der Waals surface area contributed by atoms with Gasteiger partial charge in [-0.2, -0.15) is 4.98 Å². The molecule has 70 valence electrons. The Morgan fingerprint density at radius 3 is 3.00 bits per heavy atom. The Kier molecular flexibility index (Phi) is 2.00. The van der Waals surface area contributed by atoms with Crippen molar-refractivity contribution in [2.24, 2.45) is 0 Å². The van der Waals surface area contributed by atoms with E-state index in [0.29, 0.717) is 24.1 Å². The molecule has 1 saturated heterocycles. The Balaban J connectivity index is 2.01. The van der Waals surface area contributed by atoms with Crippen molar-refractivity contribution in [1.82, 2.24) is 15.0 Å². The second-order valence-corrected chi connectivity index (χ2v) is 3.21. The van der Waals surface area contributed by atoms with Crippen LogP contribution in [0.2, 0.25) is 0 Å². The molecule has 5 nitrogen and oxygen atoms in total. The van der Waals surface area contributed by atoms with E-state index in [4.69, 9.17) is 9.93 Å². The summed E-state index contributed by atoms with van der Waals surface area (Å²) in [7, 11) is 0. The Hall–Kier alpha value is -1.39. The Bertz CT molecular complexity index is 320. The maximum atomic E-state index is 7.60. The lowest BCUT2D eigenvalue weighted by molar-refractivity contribution is 0.320. The van der Waals surface area contributed by atoms with Crippen molar-refractivity contribution in [3.63, 3.8) is 0 Å². The van der Waals surface area contributed by atoms with Gasteiger partial charge in [-0.3, -0.25) is 5.41 Å². The van der Waals surface area contributed by atoms with Crippen molar-refractivity contribution in [3.8, 4) is 0 Å². The standard InChI is InChI=1S/C8H12N4O/c1-6-10-8(13-11-6)5-12-4-2-3-7(12)9/h9H,2-5H2,1H3. The first-order valence-electron chi connectivity index (χ1n) is 4.37. The third-order valence-corrected chi connectivity index (χ3v) is 2.12. The fourth-order valence-corrected chi connectivity index (χ4v) is 1.47. The van der Waals surface area contributed by atoms with Crippen molar-refractivity contribution >= 4 is 5.84 Å². The van der Waals surface area contributed by atoms with Crippen LogP contribution < -0.4 is 0 Å². The first-order chi connectivity index (χ1) is 6.25. The molecule has 0 radical (unpaired) electrons. The van der Waals surface area contributed by atoms with Gasteiger partial charge in [0.05, 0.1) is 12.4 Å². The van der Waals surface area contributed by atoms with Gasteiger partial charge >= 0.3 is 0 Å². The molecule has 0 atom stereocenters. The molecule has 0 bridgehead atoms. The molecule has 0 aromatic carbocycles. The predicted octanol–water partition coefficient (Wildman–Crippen LogP) is 0.951. The summed E-state index contributed by atoms with van der Waals surface area (Å²) in [5, 5.41) is 11.3. The van der Waals surface area contributed by atoms with E-state index in [0.717, 1.165) is 19.4 Å². The van der Waals surface area contributed by atoms with Gasteiger partial charge in [0.15, 0.2) is 5.82 Å². The van der Waals surface area contributed by atoms with E-state index in [9.17, 15) is 0 Å². The summed E-state index contributed by atoms with van der Waals surface area (Å²) < 4.78 is 4.98. The molecule has 1 aliphatic rings. The van der Waals surface area contributed by atoms with Gasteiger partial charge in [-0.15, -0.1) is 0 Å². The first kappa shape index (κ1) is 8.22. The van der Waals surface area contributed by atoms with Crippen molar-refractivity contribution in [2.45, 2.75) is 26.3 Å². The molecule has 5 heteroatoms. The number of aromatic nitrogens is 2. The molecule has 2 rings (SSSR count). The van der Waals surface area contributed by atoms with Gasteiger partial charge in [0, 0.05) is 13.0 Å². The third-order valence-electron chi connectivity index (χ3n) is 2.12. The van der Waals surface area contributed by atoms with Crippen molar-refractivity contribution in [1.29, 1.82) is 5.41 Å². The summed E-state index contributed by atoms with van der Waals surface area (Å²) in [5.41, 5.74) is 0. The Morgan fingerprint density at radius 1 is 1.62 bits per heavy atom. The predicted molar refractivity (Wildman–Crippen MR) is 46.4 cm³/mol. The van der Waals surface area contributed by atoms with Gasteiger partial charge in [-0.1, -0.05) is 5.16 Å². The van der Waals surface area contributed by atoms with Gasteiger partial charge in [0.1, 0.15) is 0 Å². The zero-order valence-corrected chi connectivity index (χ0v) is 7.58.